The van der Waals surface area contributed by atoms with Crippen LogP contribution in [0.15, 0.2) is 30.5 Å². The Labute approximate surface area is 113 Å². The van der Waals surface area contributed by atoms with Gasteiger partial charge in [-0.25, -0.2) is 4.79 Å². The van der Waals surface area contributed by atoms with Gasteiger partial charge < -0.3 is 9.67 Å². The van der Waals surface area contributed by atoms with E-state index in [1.165, 1.54) is 6.42 Å². The van der Waals surface area contributed by atoms with E-state index >= 15 is 0 Å². The normalized spacial score (nSPS) is 13.1. The Morgan fingerprint density at radius 3 is 2.63 bits per heavy atom. The molecule has 2 aromatic rings. The van der Waals surface area contributed by atoms with E-state index in [1.54, 1.807) is 12.1 Å². The Kier molecular flexibility index (Phi) is 3.93. The van der Waals surface area contributed by atoms with Crippen molar-refractivity contribution in [2.45, 2.75) is 33.7 Å². The molecule has 0 radical (unpaired) electrons. The minimum atomic E-state index is -0.870. The Hall–Kier alpha value is -1.77. The summed E-state index contributed by atoms with van der Waals surface area (Å²) in [7, 11) is 0. The summed E-state index contributed by atoms with van der Waals surface area (Å²) in [6.45, 7) is 7.64. The standard InChI is InChI=1S/C16H21NO2/c1-11(2)8-12(3)10-17-7-6-13-4-5-14(16(18)19)9-15(13)17/h4-7,9,11-12H,8,10H2,1-3H3,(H,18,19). The van der Waals surface area contributed by atoms with Crippen molar-refractivity contribution in [2.24, 2.45) is 11.8 Å². The average Bonchev–Trinajstić information content (AvgIpc) is 2.70. The molecule has 0 saturated carbocycles. The Morgan fingerprint density at radius 1 is 1.26 bits per heavy atom. The lowest BCUT2D eigenvalue weighted by molar-refractivity contribution is 0.0697. The smallest absolute Gasteiger partial charge is 0.335 e. The molecule has 3 heteroatoms. The van der Waals surface area contributed by atoms with Crippen molar-refractivity contribution in [1.82, 2.24) is 4.57 Å². The second kappa shape index (κ2) is 5.47. The van der Waals surface area contributed by atoms with Gasteiger partial charge in [-0.15, -0.1) is 0 Å². The first-order chi connectivity index (χ1) is 8.97. The number of carboxylic acids is 1. The van der Waals surface area contributed by atoms with Gasteiger partial charge in [0.05, 0.1) is 5.56 Å². The van der Waals surface area contributed by atoms with Crippen LogP contribution in [0.4, 0.5) is 0 Å². The van der Waals surface area contributed by atoms with Gasteiger partial charge in [-0.05, 0) is 41.8 Å². The fourth-order valence-electron chi connectivity index (χ4n) is 2.69. The lowest BCUT2D eigenvalue weighted by Crippen LogP contribution is -2.09. The van der Waals surface area contributed by atoms with Crippen LogP contribution in [0.25, 0.3) is 10.9 Å². The molecule has 0 fully saturated rings. The third-order valence-corrected chi connectivity index (χ3v) is 3.40. The molecule has 0 aliphatic heterocycles. The van der Waals surface area contributed by atoms with Crippen molar-refractivity contribution >= 4 is 16.9 Å². The summed E-state index contributed by atoms with van der Waals surface area (Å²) in [6, 6.07) is 7.35. The zero-order valence-corrected chi connectivity index (χ0v) is 11.8. The molecule has 0 aliphatic carbocycles. The van der Waals surface area contributed by atoms with Crippen molar-refractivity contribution in [1.29, 1.82) is 0 Å². The van der Waals surface area contributed by atoms with E-state index in [0.717, 1.165) is 17.4 Å². The van der Waals surface area contributed by atoms with Gasteiger partial charge in [-0.3, -0.25) is 0 Å². The van der Waals surface area contributed by atoms with Crippen LogP contribution in [0.2, 0.25) is 0 Å². The monoisotopic (exact) mass is 259 g/mol. The van der Waals surface area contributed by atoms with Crippen molar-refractivity contribution in [2.75, 3.05) is 0 Å². The number of hydrogen-bond acceptors (Lipinski definition) is 1. The summed E-state index contributed by atoms with van der Waals surface area (Å²) in [5.41, 5.74) is 1.36. The molecule has 19 heavy (non-hydrogen) atoms. The van der Waals surface area contributed by atoms with Crippen LogP contribution in [-0.2, 0) is 6.54 Å². The second-order valence-electron chi connectivity index (χ2n) is 5.78. The van der Waals surface area contributed by atoms with Crippen molar-refractivity contribution in [3.63, 3.8) is 0 Å². The topological polar surface area (TPSA) is 42.2 Å². The molecule has 0 spiro atoms. The van der Waals surface area contributed by atoms with Gasteiger partial charge in [0, 0.05) is 18.3 Å². The van der Waals surface area contributed by atoms with Gasteiger partial charge in [-0.1, -0.05) is 26.8 Å². The van der Waals surface area contributed by atoms with Crippen LogP contribution < -0.4 is 0 Å². The van der Waals surface area contributed by atoms with E-state index in [2.05, 4.69) is 25.3 Å². The third-order valence-electron chi connectivity index (χ3n) is 3.40. The maximum Gasteiger partial charge on any atom is 0.335 e. The van der Waals surface area contributed by atoms with Gasteiger partial charge in [0.25, 0.3) is 0 Å². The van der Waals surface area contributed by atoms with Crippen LogP contribution in [0, 0.1) is 11.8 Å². The molecule has 0 bridgehead atoms. The number of rotatable bonds is 5. The molecule has 0 amide bonds. The zero-order valence-electron chi connectivity index (χ0n) is 11.8. The molecule has 102 valence electrons. The molecule has 1 N–H and O–H groups in total. The highest BCUT2D eigenvalue weighted by Gasteiger charge is 2.10. The Balaban J connectivity index is 2.28. The van der Waals surface area contributed by atoms with Gasteiger partial charge in [0.2, 0.25) is 0 Å². The van der Waals surface area contributed by atoms with Gasteiger partial charge >= 0.3 is 5.97 Å². The predicted octanol–water partition coefficient (Wildman–Crippen LogP) is 4.02. The van der Waals surface area contributed by atoms with Crippen LogP contribution in [0.3, 0.4) is 0 Å². The molecule has 0 saturated heterocycles. The van der Waals surface area contributed by atoms with Crippen LogP contribution in [0.5, 0.6) is 0 Å². The molecule has 1 aromatic heterocycles. The van der Waals surface area contributed by atoms with Crippen LogP contribution in [0.1, 0.15) is 37.6 Å². The van der Waals surface area contributed by atoms with E-state index in [4.69, 9.17) is 5.11 Å². The molecule has 0 aliphatic rings. The fourth-order valence-corrected chi connectivity index (χ4v) is 2.69. The van der Waals surface area contributed by atoms with Gasteiger partial charge in [0.1, 0.15) is 0 Å². The highest BCUT2D eigenvalue weighted by atomic mass is 16.4. The predicted molar refractivity (Wildman–Crippen MR) is 77.5 cm³/mol. The highest BCUT2D eigenvalue weighted by molar-refractivity contribution is 5.93. The molecule has 2 rings (SSSR count). The SMILES string of the molecule is CC(C)CC(C)Cn1ccc2ccc(C(=O)O)cc21. The summed E-state index contributed by atoms with van der Waals surface area (Å²) in [5.74, 6) is 0.403. The van der Waals surface area contributed by atoms with Crippen LogP contribution >= 0.6 is 0 Å². The summed E-state index contributed by atoms with van der Waals surface area (Å²) < 4.78 is 2.16. The molecule has 1 unspecified atom stereocenters. The fraction of sp³-hybridized carbons (Fsp3) is 0.438. The van der Waals surface area contributed by atoms with E-state index in [1.807, 2.05) is 18.3 Å². The van der Waals surface area contributed by atoms with Crippen molar-refractivity contribution < 1.29 is 9.90 Å². The number of carbonyl (C=O) groups is 1. The minimum absolute atomic E-state index is 0.351. The van der Waals surface area contributed by atoms with Crippen LogP contribution in [-0.4, -0.2) is 15.6 Å². The number of benzene rings is 1. The molecular formula is C16H21NO2. The summed E-state index contributed by atoms with van der Waals surface area (Å²) in [4.78, 5) is 11.0. The van der Waals surface area contributed by atoms with E-state index in [9.17, 15) is 4.79 Å². The molecular weight excluding hydrogens is 238 g/mol. The maximum atomic E-state index is 11.0. The first-order valence-electron chi connectivity index (χ1n) is 6.79. The molecule has 1 aromatic carbocycles. The molecule has 1 heterocycles. The second-order valence-corrected chi connectivity index (χ2v) is 5.78. The van der Waals surface area contributed by atoms with Crippen molar-refractivity contribution in [3.8, 4) is 0 Å². The van der Waals surface area contributed by atoms with Gasteiger partial charge in [-0.2, -0.15) is 0 Å². The molecule has 1 atom stereocenters. The lowest BCUT2D eigenvalue weighted by Gasteiger charge is -2.15. The highest BCUT2D eigenvalue weighted by Crippen LogP contribution is 2.21. The number of aromatic carboxylic acids is 1. The number of aromatic nitrogens is 1. The maximum absolute atomic E-state index is 11.0. The summed E-state index contributed by atoms with van der Waals surface area (Å²) >= 11 is 0. The largest absolute Gasteiger partial charge is 0.478 e. The molecule has 3 nitrogen and oxygen atoms in total. The number of fused-ring (bicyclic) bond motifs is 1. The lowest BCUT2D eigenvalue weighted by atomic mass is 9.99. The van der Waals surface area contributed by atoms with E-state index in [0.29, 0.717) is 17.4 Å². The van der Waals surface area contributed by atoms with Gasteiger partial charge in [0.15, 0.2) is 0 Å². The summed E-state index contributed by atoms with van der Waals surface area (Å²) in [6.07, 6.45) is 3.23. The van der Waals surface area contributed by atoms with E-state index < -0.39 is 5.97 Å². The number of hydrogen-bond donors (Lipinski definition) is 1. The first-order valence-corrected chi connectivity index (χ1v) is 6.79. The zero-order chi connectivity index (χ0) is 14.0. The summed E-state index contributed by atoms with van der Waals surface area (Å²) in [5, 5.41) is 10.2. The first kappa shape index (κ1) is 13.7. The minimum Gasteiger partial charge on any atom is -0.478 e. The third kappa shape index (κ3) is 3.16. The Bertz CT molecular complexity index is 583. The average molecular weight is 259 g/mol. The van der Waals surface area contributed by atoms with E-state index in [-0.39, 0.29) is 0 Å². The quantitative estimate of drug-likeness (QED) is 0.881. The number of nitrogens with zero attached hydrogens (tertiary/aromatic N) is 1. The Morgan fingerprint density at radius 2 is 2.00 bits per heavy atom. The number of carboxylic acid groups (broad SMARTS) is 1. The van der Waals surface area contributed by atoms with Crippen molar-refractivity contribution in [3.05, 3.63) is 36.0 Å².